The zero-order valence-electron chi connectivity index (χ0n) is 19.0. The molecule has 0 saturated heterocycles. The quantitative estimate of drug-likeness (QED) is 0.588. The van der Waals surface area contributed by atoms with E-state index in [4.69, 9.17) is 16.3 Å². The maximum Gasteiger partial charge on any atom is 0.223 e. The molecule has 0 bridgehead atoms. The van der Waals surface area contributed by atoms with Crippen LogP contribution >= 0.6 is 11.6 Å². The largest absolute Gasteiger partial charge is 0.474 e. The van der Waals surface area contributed by atoms with Gasteiger partial charge in [0.15, 0.2) is 0 Å². The van der Waals surface area contributed by atoms with Gasteiger partial charge in [0.1, 0.15) is 17.8 Å². The second kappa shape index (κ2) is 9.02. The Bertz CT molecular complexity index is 1190. The van der Waals surface area contributed by atoms with E-state index in [1.807, 2.05) is 30.3 Å². The Morgan fingerprint density at radius 3 is 2.65 bits per heavy atom. The second-order valence-corrected chi connectivity index (χ2v) is 10.2. The highest BCUT2D eigenvalue weighted by Gasteiger charge is 2.34. The molecular formula is C26H28ClN5O2. The topological polar surface area (TPSA) is 81.9 Å². The Kier molecular flexibility index (Phi) is 5.73. The minimum Gasteiger partial charge on any atom is -0.474 e. The number of nitrogens with zero attached hydrogens (tertiary/aromatic N) is 4. The van der Waals surface area contributed by atoms with Crippen LogP contribution in [0.15, 0.2) is 42.6 Å². The minimum atomic E-state index is -0.00822. The monoisotopic (exact) mass is 477 g/mol. The molecule has 3 aromatic rings. The maximum atomic E-state index is 12.5. The third-order valence-corrected chi connectivity index (χ3v) is 7.43. The molecule has 8 heteroatoms. The van der Waals surface area contributed by atoms with Crippen molar-refractivity contribution in [2.24, 2.45) is 5.92 Å². The Balaban J connectivity index is 1.24. The highest BCUT2D eigenvalue weighted by molar-refractivity contribution is 6.30. The number of benzene rings is 1. The third-order valence-electron chi connectivity index (χ3n) is 7.19. The summed E-state index contributed by atoms with van der Waals surface area (Å²) < 4.78 is 8.31. The number of pyridine rings is 1. The Hall–Kier alpha value is -2.93. The summed E-state index contributed by atoms with van der Waals surface area (Å²) in [5, 5.41) is 13.2. The average Bonchev–Trinajstić information content (AvgIpc) is 3.64. The Morgan fingerprint density at radius 2 is 1.88 bits per heavy atom. The lowest BCUT2D eigenvalue weighted by Gasteiger charge is -2.28. The van der Waals surface area contributed by atoms with Crippen LogP contribution in [-0.2, 0) is 17.6 Å². The zero-order chi connectivity index (χ0) is 23.1. The number of halogens is 1. The van der Waals surface area contributed by atoms with Crippen LogP contribution in [0, 0.1) is 5.92 Å². The van der Waals surface area contributed by atoms with Crippen molar-refractivity contribution in [3.05, 3.63) is 64.8 Å². The highest BCUT2D eigenvalue weighted by atomic mass is 35.5. The number of hydrogen-bond acceptors (Lipinski definition) is 5. The average molecular weight is 478 g/mol. The van der Waals surface area contributed by atoms with Gasteiger partial charge in [0.05, 0.1) is 5.69 Å². The van der Waals surface area contributed by atoms with Crippen molar-refractivity contribution in [1.29, 1.82) is 0 Å². The van der Waals surface area contributed by atoms with E-state index in [9.17, 15) is 4.79 Å². The number of rotatable bonds is 5. The van der Waals surface area contributed by atoms with Crippen LogP contribution in [0.3, 0.4) is 0 Å². The minimum absolute atomic E-state index is 0.00822. The molecule has 176 valence electrons. The highest BCUT2D eigenvalue weighted by Crippen LogP contribution is 2.37. The lowest BCUT2D eigenvalue weighted by atomic mass is 9.86. The molecule has 1 aromatic carbocycles. The maximum absolute atomic E-state index is 12.5. The number of ether oxygens (including phenoxy) is 1. The first-order valence-corrected chi connectivity index (χ1v) is 12.6. The van der Waals surface area contributed by atoms with E-state index in [0.29, 0.717) is 23.2 Å². The predicted octanol–water partition coefficient (Wildman–Crippen LogP) is 4.41. The SMILES string of the molecule is O=C(N[C@@H]1Cc2cc(Cl)ccc2-n2c(nnc2C2CCC(Oc3ccccn3)CC2)C1)C1CC1. The molecule has 1 aliphatic heterocycles. The van der Waals surface area contributed by atoms with Crippen molar-refractivity contribution in [2.45, 2.75) is 69.4 Å². The number of amides is 1. The van der Waals surface area contributed by atoms with E-state index in [2.05, 4.69) is 31.1 Å². The van der Waals surface area contributed by atoms with Crippen molar-refractivity contribution in [3.63, 3.8) is 0 Å². The van der Waals surface area contributed by atoms with E-state index < -0.39 is 0 Å². The summed E-state index contributed by atoms with van der Waals surface area (Å²) in [4.78, 5) is 16.8. The first-order chi connectivity index (χ1) is 16.6. The van der Waals surface area contributed by atoms with Crippen molar-refractivity contribution in [1.82, 2.24) is 25.1 Å². The number of nitrogens with one attached hydrogen (secondary N) is 1. The zero-order valence-corrected chi connectivity index (χ0v) is 19.7. The molecule has 2 fully saturated rings. The van der Waals surface area contributed by atoms with E-state index in [-0.39, 0.29) is 24.0 Å². The summed E-state index contributed by atoms with van der Waals surface area (Å²) in [5.74, 6) is 3.25. The van der Waals surface area contributed by atoms with Gasteiger partial charge >= 0.3 is 0 Å². The molecule has 1 amide bonds. The number of hydrogen-bond donors (Lipinski definition) is 1. The van der Waals surface area contributed by atoms with Crippen molar-refractivity contribution in [2.75, 3.05) is 0 Å². The smallest absolute Gasteiger partial charge is 0.223 e. The number of carbonyl (C=O) groups excluding carboxylic acids is 1. The summed E-state index contributed by atoms with van der Waals surface area (Å²) in [6.07, 6.45) is 9.20. The van der Waals surface area contributed by atoms with Gasteiger partial charge in [-0.05, 0) is 74.8 Å². The van der Waals surface area contributed by atoms with Gasteiger partial charge in [-0.1, -0.05) is 17.7 Å². The molecule has 2 aromatic heterocycles. The molecule has 0 radical (unpaired) electrons. The molecule has 7 nitrogen and oxygen atoms in total. The van der Waals surface area contributed by atoms with Gasteiger partial charge in [-0.2, -0.15) is 0 Å². The van der Waals surface area contributed by atoms with Gasteiger partial charge in [-0.3, -0.25) is 9.36 Å². The molecule has 1 N–H and O–H groups in total. The summed E-state index contributed by atoms with van der Waals surface area (Å²) >= 11 is 6.37. The van der Waals surface area contributed by atoms with Crippen LogP contribution in [0.1, 0.15) is 61.7 Å². The van der Waals surface area contributed by atoms with E-state index in [1.54, 1.807) is 6.20 Å². The summed E-state index contributed by atoms with van der Waals surface area (Å²) in [5.41, 5.74) is 2.20. The fraction of sp³-hybridized carbons (Fsp3) is 0.462. The van der Waals surface area contributed by atoms with Crippen molar-refractivity contribution < 1.29 is 9.53 Å². The van der Waals surface area contributed by atoms with Crippen LogP contribution in [0.25, 0.3) is 5.69 Å². The van der Waals surface area contributed by atoms with Crippen molar-refractivity contribution in [3.8, 4) is 11.6 Å². The molecule has 0 spiro atoms. The van der Waals surface area contributed by atoms with E-state index >= 15 is 0 Å². The standard InChI is InChI=1S/C26H28ClN5O2/c27-19-8-11-22-18(13-19)14-20(29-26(33)17-4-5-17)15-23-30-31-25(32(22)23)16-6-9-21(10-7-16)34-24-3-1-2-12-28-24/h1-3,8,11-13,16-17,20-21H,4-7,9-10,14-15H2,(H,29,33)/t16?,20-,21?/m1/s1. The van der Waals surface area contributed by atoms with Gasteiger partial charge in [-0.15, -0.1) is 10.2 Å². The fourth-order valence-electron chi connectivity index (χ4n) is 5.28. The lowest BCUT2D eigenvalue weighted by Crippen LogP contribution is -2.38. The first kappa shape index (κ1) is 21.6. The molecule has 1 atom stereocenters. The summed E-state index contributed by atoms with van der Waals surface area (Å²) in [6.45, 7) is 0. The predicted molar refractivity (Wildman–Crippen MR) is 128 cm³/mol. The third kappa shape index (κ3) is 4.41. The van der Waals surface area contributed by atoms with Gasteiger partial charge in [0.2, 0.25) is 11.8 Å². The van der Waals surface area contributed by atoms with Crippen molar-refractivity contribution >= 4 is 17.5 Å². The van der Waals surface area contributed by atoms with Crippen LogP contribution in [0.5, 0.6) is 5.88 Å². The summed E-state index contributed by atoms with van der Waals surface area (Å²) in [7, 11) is 0. The normalized spacial score (nSPS) is 24.0. The van der Waals surface area contributed by atoms with Crippen LogP contribution < -0.4 is 10.1 Å². The van der Waals surface area contributed by atoms with Gasteiger partial charge < -0.3 is 10.1 Å². The molecular weight excluding hydrogens is 450 g/mol. The molecule has 6 rings (SSSR count). The molecule has 3 aliphatic rings. The number of aromatic nitrogens is 4. The molecule has 0 unspecified atom stereocenters. The molecule has 2 aliphatic carbocycles. The van der Waals surface area contributed by atoms with Crippen LogP contribution in [-0.4, -0.2) is 37.8 Å². The van der Waals surface area contributed by atoms with Gasteiger partial charge in [-0.25, -0.2) is 4.98 Å². The molecule has 34 heavy (non-hydrogen) atoms. The van der Waals surface area contributed by atoms with Gasteiger partial charge in [0.25, 0.3) is 0 Å². The Morgan fingerprint density at radius 1 is 1.03 bits per heavy atom. The summed E-state index contributed by atoms with van der Waals surface area (Å²) in [6, 6.07) is 11.8. The van der Waals surface area contributed by atoms with E-state index in [1.165, 1.54) is 0 Å². The van der Waals surface area contributed by atoms with Gasteiger partial charge in [0, 0.05) is 41.6 Å². The number of carbonyl (C=O) groups is 1. The lowest BCUT2D eigenvalue weighted by molar-refractivity contribution is -0.123. The molecule has 3 heterocycles. The Labute approximate surface area is 203 Å². The second-order valence-electron chi connectivity index (χ2n) is 9.73. The number of fused-ring (bicyclic) bond motifs is 3. The van der Waals surface area contributed by atoms with Crippen LogP contribution in [0.2, 0.25) is 5.02 Å². The molecule has 2 saturated carbocycles. The first-order valence-electron chi connectivity index (χ1n) is 12.2. The van der Waals surface area contributed by atoms with Crippen LogP contribution in [0.4, 0.5) is 0 Å². The fourth-order valence-corrected chi connectivity index (χ4v) is 5.47. The van der Waals surface area contributed by atoms with E-state index in [0.717, 1.165) is 67.8 Å².